The minimum absolute atomic E-state index is 0.621. The first-order valence-corrected chi connectivity index (χ1v) is 4.78. The fourth-order valence-electron chi connectivity index (χ4n) is 1.17. The summed E-state index contributed by atoms with van der Waals surface area (Å²) in [5, 5.41) is 0. The minimum atomic E-state index is 0.621. The van der Waals surface area contributed by atoms with Crippen LogP contribution in [0.15, 0.2) is 6.07 Å². The minimum Gasteiger partial charge on any atom is -0.486 e. The zero-order chi connectivity index (χ0) is 8.55. The number of rotatable bonds is 0. The van der Waals surface area contributed by atoms with Crippen LogP contribution in [0.25, 0.3) is 0 Å². The van der Waals surface area contributed by atoms with Crippen LogP contribution in [0.5, 0.6) is 11.5 Å². The van der Waals surface area contributed by atoms with Crippen LogP contribution in [0.3, 0.4) is 0 Å². The standard InChI is InChI=1S/C8H8INO2/c1-5-8-6(4-7(9)10-5)11-2-3-12-8/h4H,2-3H2,1H3. The SMILES string of the molecule is Cc1nc(I)cc2c1OCCO2. The molecule has 64 valence electrons. The number of halogens is 1. The average molecular weight is 277 g/mol. The number of ether oxygens (including phenoxy) is 2. The molecule has 0 amide bonds. The van der Waals surface area contributed by atoms with Crippen LogP contribution in [0, 0.1) is 10.6 Å². The molecule has 0 spiro atoms. The number of pyridine rings is 1. The Balaban J connectivity index is 2.53. The molecule has 0 atom stereocenters. The summed E-state index contributed by atoms with van der Waals surface area (Å²) >= 11 is 2.16. The number of aryl methyl sites for hydroxylation is 1. The van der Waals surface area contributed by atoms with E-state index in [1.54, 1.807) is 0 Å². The summed E-state index contributed by atoms with van der Waals surface area (Å²) in [5.41, 5.74) is 0.900. The zero-order valence-electron chi connectivity index (χ0n) is 6.63. The highest BCUT2D eigenvalue weighted by Crippen LogP contribution is 2.33. The monoisotopic (exact) mass is 277 g/mol. The van der Waals surface area contributed by atoms with E-state index >= 15 is 0 Å². The normalized spacial score (nSPS) is 14.5. The summed E-state index contributed by atoms with van der Waals surface area (Å²) in [7, 11) is 0. The van der Waals surface area contributed by atoms with E-state index in [1.165, 1.54) is 0 Å². The Morgan fingerprint density at radius 2 is 2.17 bits per heavy atom. The molecule has 1 aromatic rings. The van der Waals surface area contributed by atoms with Crippen molar-refractivity contribution in [3.8, 4) is 11.5 Å². The van der Waals surface area contributed by atoms with Gasteiger partial charge in [0, 0.05) is 6.07 Å². The van der Waals surface area contributed by atoms with E-state index in [9.17, 15) is 0 Å². The van der Waals surface area contributed by atoms with Crippen molar-refractivity contribution in [1.29, 1.82) is 0 Å². The molecular formula is C8H8INO2. The highest BCUT2D eigenvalue weighted by molar-refractivity contribution is 14.1. The molecule has 3 nitrogen and oxygen atoms in total. The van der Waals surface area contributed by atoms with Gasteiger partial charge in [0.2, 0.25) is 0 Å². The molecule has 1 aliphatic rings. The predicted octanol–water partition coefficient (Wildman–Crippen LogP) is 1.77. The maximum Gasteiger partial charge on any atom is 0.182 e. The van der Waals surface area contributed by atoms with Crippen LogP contribution >= 0.6 is 22.6 Å². The Morgan fingerprint density at radius 1 is 1.42 bits per heavy atom. The summed E-state index contributed by atoms with van der Waals surface area (Å²) in [4.78, 5) is 4.27. The van der Waals surface area contributed by atoms with Crippen molar-refractivity contribution in [3.63, 3.8) is 0 Å². The Bertz CT molecular complexity index is 314. The second kappa shape index (κ2) is 3.08. The van der Waals surface area contributed by atoms with Gasteiger partial charge in [-0.1, -0.05) is 0 Å². The average Bonchev–Trinajstić information content (AvgIpc) is 2.04. The third-order valence-corrected chi connectivity index (χ3v) is 2.22. The molecule has 0 fully saturated rings. The van der Waals surface area contributed by atoms with E-state index in [4.69, 9.17) is 9.47 Å². The van der Waals surface area contributed by atoms with Gasteiger partial charge in [0.1, 0.15) is 16.9 Å². The molecule has 1 aliphatic heterocycles. The molecular weight excluding hydrogens is 269 g/mol. The lowest BCUT2D eigenvalue weighted by atomic mass is 10.3. The van der Waals surface area contributed by atoms with Crippen molar-refractivity contribution in [3.05, 3.63) is 15.5 Å². The number of hydrogen-bond donors (Lipinski definition) is 0. The maximum absolute atomic E-state index is 5.42. The van der Waals surface area contributed by atoms with E-state index in [0.717, 1.165) is 20.9 Å². The van der Waals surface area contributed by atoms with Crippen LogP contribution in [0.4, 0.5) is 0 Å². The van der Waals surface area contributed by atoms with E-state index in [-0.39, 0.29) is 0 Å². The molecule has 0 bridgehead atoms. The van der Waals surface area contributed by atoms with Crippen molar-refractivity contribution in [2.24, 2.45) is 0 Å². The van der Waals surface area contributed by atoms with Gasteiger partial charge in [0.05, 0.1) is 5.69 Å². The number of fused-ring (bicyclic) bond motifs is 1. The molecule has 2 heterocycles. The van der Waals surface area contributed by atoms with E-state index < -0.39 is 0 Å². The molecule has 0 aliphatic carbocycles. The summed E-state index contributed by atoms with van der Waals surface area (Å²) in [6.45, 7) is 3.18. The maximum atomic E-state index is 5.42. The molecule has 12 heavy (non-hydrogen) atoms. The molecule has 4 heteroatoms. The highest BCUT2D eigenvalue weighted by Gasteiger charge is 2.15. The quantitative estimate of drug-likeness (QED) is 0.535. The topological polar surface area (TPSA) is 31.4 Å². The smallest absolute Gasteiger partial charge is 0.182 e. The lowest BCUT2D eigenvalue weighted by Gasteiger charge is -2.19. The van der Waals surface area contributed by atoms with Gasteiger partial charge in [-0.15, -0.1) is 0 Å². The first-order chi connectivity index (χ1) is 5.77. The first-order valence-electron chi connectivity index (χ1n) is 3.70. The van der Waals surface area contributed by atoms with Crippen LogP contribution in [0.2, 0.25) is 0 Å². The van der Waals surface area contributed by atoms with Crippen LogP contribution in [0.1, 0.15) is 5.69 Å². The van der Waals surface area contributed by atoms with Gasteiger partial charge < -0.3 is 9.47 Å². The Labute approximate surface area is 84.2 Å². The fraction of sp³-hybridized carbons (Fsp3) is 0.375. The van der Waals surface area contributed by atoms with E-state index in [1.807, 2.05) is 13.0 Å². The lowest BCUT2D eigenvalue weighted by Crippen LogP contribution is -2.16. The van der Waals surface area contributed by atoms with Gasteiger partial charge in [-0.3, -0.25) is 0 Å². The van der Waals surface area contributed by atoms with Crippen LogP contribution < -0.4 is 9.47 Å². The third-order valence-electron chi connectivity index (χ3n) is 1.66. The molecule has 1 aromatic heterocycles. The number of aromatic nitrogens is 1. The Morgan fingerprint density at radius 3 is 3.00 bits per heavy atom. The Hall–Kier alpha value is -0.520. The van der Waals surface area contributed by atoms with Gasteiger partial charge in [-0.25, -0.2) is 4.98 Å². The van der Waals surface area contributed by atoms with Gasteiger partial charge in [-0.2, -0.15) is 0 Å². The molecule has 0 N–H and O–H groups in total. The van der Waals surface area contributed by atoms with Crippen molar-refractivity contribution >= 4 is 22.6 Å². The first kappa shape index (κ1) is 8.10. The second-order valence-electron chi connectivity index (χ2n) is 2.55. The number of nitrogens with zero attached hydrogens (tertiary/aromatic N) is 1. The fourth-order valence-corrected chi connectivity index (χ4v) is 1.82. The van der Waals surface area contributed by atoms with Crippen molar-refractivity contribution in [2.45, 2.75) is 6.92 Å². The summed E-state index contributed by atoms with van der Waals surface area (Å²) in [6, 6.07) is 1.89. The highest BCUT2D eigenvalue weighted by atomic mass is 127. The molecule has 2 rings (SSSR count). The molecule has 0 radical (unpaired) electrons. The van der Waals surface area contributed by atoms with Crippen LogP contribution in [-0.2, 0) is 0 Å². The van der Waals surface area contributed by atoms with Crippen LogP contribution in [-0.4, -0.2) is 18.2 Å². The van der Waals surface area contributed by atoms with Crippen molar-refractivity contribution in [2.75, 3.05) is 13.2 Å². The molecule has 0 saturated heterocycles. The summed E-state index contributed by atoms with van der Waals surface area (Å²) in [5.74, 6) is 1.61. The van der Waals surface area contributed by atoms with Gasteiger partial charge >= 0.3 is 0 Å². The van der Waals surface area contributed by atoms with Gasteiger partial charge in [0.15, 0.2) is 11.5 Å². The Kier molecular flexibility index (Phi) is 2.08. The summed E-state index contributed by atoms with van der Waals surface area (Å²) < 4.78 is 11.8. The largest absolute Gasteiger partial charge is 0.486 e. The zero-order valence-corrected chi connectivity index (χ0v) is 8.79. The molecule has 0 unspecified atom stereocenters. The predicted molar refractivity (Wildman–Crippen MR) is 52.7 cm³/mol. The van der Waals surface area contributed by atoms with Gasteiger partial charge in [-0.05, 0) is 29.5 Å². The number of hydrogen-bond acceptors (Lipinski definition) is 3. The lowest BCUT2D eigenvalue weighted by molar-refractivity contribution is 0.169. The van der Waals surface area contributed by atoms with Gasteiger partial charge in [0.25, 0.3) is 0 Å². The van der Waals surface area contributed by atoms with E-state index in [0.29, 0.717) is 13.2 Å². The summed E-state index contributed by atoms with van der Waals surface area (Å²) in [6.07, 6.45) is 0. The second-order valence-corrected chi connectivity index (χ2v) is 3.66. The van der Waals surface area contributed by atoms with E-state index in [2.05, 4.69) is 27.6 Å². The third kappa shape index (κ3) is 1.35. The molecule has 0 aromatic carbocycles. The molecule has 0 saturated carbocycles. The van der Waals surface area contributed by atoms with Crippen molar-refractivity contribution in [1.82, 2.24) is 4.98 Å². The van der Waals surface area contributed by atoms with Crippen molar-refractivity contribution < 1.29 is 9.47 Å².